The summed E-state index contributed by atoms with van der Waals surface area (Å²) in [4.78, 5) is 28.1. The molecule has 2 heterocycles. The predicted molar refractivity (Wildman–Crippen MR) is 76.5 cm³/mol. The Morgan fingerprint density at radius 1 is 1.45 bits per heavy atom. The van der Waals surface area contributed by atoms with Gasteiger partial charge >= 0.3 is 0 Å². The van der Waals surface area contributed by atoms with Gasteiger partial charge < -0.3 is 19.7 Å². The first kappa shape index (κ1) is 14.6. The van der Waals surface area contributed by atoms with E-state index in [1.54, 1.807) is 19.0 Å². The molecule has 0 saturated carbocycles. The average molecular weight is 278 g/mol. The maximum atomic E-state index is 12.7. The van der Waals surface area contributed by atoms with Crippen LogP contribution >= 0.6 is 0 Å². The molecule has 1 unspecified atom stereocenters. The van der Waals surface area contributed by atoms with E-state index in [9.17, 15) is 9.59 Å². The number of rotatable bonds is 3. The third kappa shape index (κ3) is 2.70. The van der Waals surface area contributed by atoms with Crippen molar-refractivity contribution in [3.05, 3.63) is 24.0 Å². The van der Waals surface area contributed by atoms with E-state index in [1.165, 1.54) is 4.90 Å². The summed E-state index contributed by atoms with van der Waals surface area (Å²) >= 11 is 0. The van der Waals surface area contributed by atoms with Crippen LogP contribution in [0.4, 0.5) is 0 Å². The fourth-order valence-electron chi connectivity index (χ4n) is 2.50. The molecule has 0 spiro atoms. The van der Waals surface area contributed by atoms with Crippen LogP contribution in [0.25, 0.3) is 0 Å². The van der Waals surface area contributed by atoms with Gasteiger partial charge in [-0.15, -0.1) is 0 Å². The normalized spacial score (nSPS) is 18.9. The smallest absolute Gasteiger partial charge is 0.271 e. The van der Waals surface area contributed by atoms with Crippen LogP contribution in [0.3, 0.4) is 0 Å². The molecule has 0 bridgehead atoms. The molecule has 1 fully saturated rings. The fourth-order valence-corrected chi connectivity index (χ4v) is 2.50. The minimum atomic E-state index is -0.425. The SMILES string of the molecule is CCn1cccc1C(=O)N1CCNCC1C(=O)N(C)C. The van der Waals surface area contributed by atoms with E-state index in [1.807, 2.05) is 29.8 Å². The summed E-state index contributed by atoms with van der Waals surface area (Å²) in [6.07, 6.45) is 1.89. The number of aryl methyl sites for hydroxylation is 1. The quantitative estimate of drug-likeness (QED) is 0.847. The summed E-state index contributed by atoms with van der Waals surface area (Å²) in [6, 6.07) is 3.25. The van der Waals surface area contributed by atoms with E-state index in [0.29, 0.717) is 18.8 Å². The van der Waals surface area contributed by atoms with Crippen molar-refractivity contribution in [1.29, 1.82) is 0 Å². The Balaban J connectivity index is 2.24. The van der Waals surface area contributed by atoms with E-state index in [2.05, 4.69) is 5.32 Å². The zero-order valence-electron chi connectivity index (χ0n) is 12.3. The van der Waals surface area contributed by atoms with E-state index in [0.717, 1.165) is 13.1 Å². The highest BCUT2D eigenvalue weighted by molar-refractivity contribution is 5.96. The summed E-state index contributed by atoms with van der Waals surface area (Å²) < 4.78 is 1.90. The molecule has 1 aliphatic rings. The first-order chi connectivity index (χ1) is 9.56. The van der Waals surface area contributed by atoms with Gasteiger partial charge in [0.05, 0.1) is 0 Å². The lowest BCUT2D eigenvalue weighted by molar-refractivity contribution is -0.134. The molecule has 1 saturated heterocycles. The van der Waals surface area contributed by atoms with Gasteiger partial charge in [0.25, 0.3) is 5.91 Å². The Labute approximate surface area is 119 Å². The largest absolute Gasteiger partial charge is 0.347 e. The van der Waals surface area contributed by atoms with Crippen molar-refractivity contribution in [2.75, 3.05) is 33.7 Å². The van der Waals surface area contributed by atoms with Crippen molar-refractivity contribution in [2.45, 2.75) is 19.5 Å². The van der Waals surface area contributed by atoms with Crippen LogP contribution in [0.15, 0.2) is 18.3 Å². The first-order valence-electron chi connectivity index (χ1n) is 6.94. The molecule has 2 rings (SSSR count). The molecule has 6 nitrogen and oxygen atoms in total. The number of nitrogens with one attached hydrogen (secondary N) is 1. The Bertz CT molecular complexity index is 495. The molecule has 1 aromatic rings. The lowest BCUT2D eigenvalue weighted by Gasteiger charge is -2.36. The van der Waals surface area contributed by atoms with Crippen molar-refractivity contribution in [2.24, 2.45) is 0 Å². The summed E-state index contributed by atoms with van der Waals surface area (Å²) in [5, 5.41) is 3.18. The molecule has 0 radical (unpaired) electrons. The monoisotopic (exact) mass is 278 g/mol. The van der Waals surface area contributed by atoms with Crippen LogP contribution in [0.1, 0.15) is 17.4 Å². The molecule has 20 heavy (non-hydrogen) atoms. The molecule has 1 aromatic heterocycles. The van der Waals surface area contributed by atoms with Crippen LogP contribution in [-0.2, 0) is 11.3 Å². The van der Waals surface area contributed by atoms with Crippen molar-refractivity contribution in [1.82, 2.24) is 19.7 Å². The lowest BCUT2D eigenvalue weighted by atomic mass is 10.1. The standard InChI is InChI=1S/C14H22N4O2/c1-4-17-8-5-6-11(17)14(20)18-9-7-15-10-12(18)13(19)16(2)3/h5-6,8,12,15H,4,7,9-10H2,1-3H3. The second kappa shape index (κ2) is 6.09. The van der Waals surface area contributed by atoms with Gasteiger partial charge in [0.1, 0.15) is 11.7 Å². The highest BCUT2D eigenvalue weighted by Gasteiger charge is 2.34. The number of nitrogens with zero attached hydrogens (tertiary/aromatic N) is 3. The summed E-state index contributed by atoms with van der Waals surface area (Å²) in [5.41, 5.74) is 0.644. The Morgan fingerprint density at radius 3 is 2.85 bits per heavy atom. The van der Waals surface area contributed by atoms with Crippen molar-refractivity contribution < 1.29 is 9.59 Å². The maximum absolute atomic E-state index is 12.7. The predicted octanol–water partition coefficient (Wildman–Crippen LogP) is 0.0102. The lowest BCUT2D eigenvalue weighted by Crippen LogP contribution is -2.59. The van der Waals surface area contributed by atoms with E-state index in [-0.39, 0.29) is 11.8 Å². The maximum Gasteiger partial charge on any atom is 0.271 e. The van der Waals surface area contributed by atoms with Gasteiger partial charge in [-0.3, -0.25) is 9.59 Å². The molecular formula is C14H22N4O2. The topological polar surface area (TPSA) is 57.6 Å². The summed E-state index contributed by atoms with van der Waals surface area (Å²) in [7, 11) is 3.43. The van der Waals surface area contributed by atoms with Gasteiger partial charge in [-0.05, 0) is 19.1 Å². The number of carbonyl (C=O) groups excluding carboxylic acids is 2. The van der Waals surface area contributed by atoms with Gasteiger partial charge in [0.15, 0.2) is 0 Å². The van der Waals surface area contributed by atoms with Crippen molar-refractivity contribution in [3.63, 3.8) is 0 Å². The molecular weight excluding hydrogens is 256 g/mol. The van der Waals surface area contributed by atoms with Crippen molar-refractivity contribution >= 4 is 11.8 Å². The fraction of sp³-hybridized carbons (Fsp3) is 0.571. The van der Waals surface area contributed by atoms with Crippen molar-refractivity contribution in [3.8, 4) is 0 Å². The number of hydrogen-bond donors (Lipinski definition) is 1. The van der Waals surface area contributed by atoms with Gasteiger partial charge in [0, 0.05) is 46.5 Å². The Kier molecular flexibility index (Phi) is 4.44. The number of aromatic nitrogens is 1. The van der Waals surface area contributed by atoms with Gasteiger partial charge in [-0.1, -0.05) is 0 Å². The molecule has 0 aromatic carbocycles. The molecule has 0 aliphatic carbocycles. The molecule has 1 atom stereocenters. The Hall–Kier alpha value is -1.82. The van der Waals surface area contributed by atoms with Crippen LogP contribution in [-0.4, -0.2) is 66.0 Å². The highest BCUT2D eigenvalue weighted by Crippen LogP contribution is 2.13. The van der Waals surface area contributed by atoms with E-state index < -0.39 is 6.04 Å². The average Bonchev–Trinajstić information content (AvgIpc) is 2.94. The zero-order valence-corrected chi connectivity index (χ0v) is 12.3. The number of carbonyl (C=O) groups is 2. The van der Waals surface area contributed by atoms with Crippen LogP contribution in [0.5, 0.6) is 0 Å². The van der Waals surface area contributed by atoms with Gasteiger partial charge in [0.2, 0.25) is 5.91 Å². The van der Waals surface area contributed by atoms with Crippen LogP contribution < -0.4 is 5.32 Å². The van der Waals surface area contributed by atoms with Crippen LogP contribution in [0, 0.1) is 0 Å². The summed E-state index contributed by atoms with van der Waals surface area (Å²) in [6.45, 7) is 4.52. The number of amides is 2. The molecule has 1 N–H and O–H groups in total. The van der Waals surface area contributed by atoms with E-state index >= 15 is 0 Å². The van der Waals surface area contributed by atoms with Gasteiger partial charge in [-0.2, -0.15) is 0 Å². The van der Waals surface area contributed by atoms with Gasteiger partial charge in [-0.25, -0.2) is 0 Å². The van der Waals surface area contributed by atoms with Crippen LogP contribution in [0.2, 0.25) is 0 Å². The molecule has 2 amide bonds. The second-order valence-electron chi connectivity index (χ2n) is 5.13. The summed E-state index contributed by atoms with van der Waals surface area (Å²) in [5.74, 6) is -0.112. The van der Waals surface area contributed by atoms with E-state index in [4.69, 9.17) is 0 Å². The second-order valence-corrected chi connectivity index (χ2v) is 5.13. The zero-order chi connectivity index (χ0) is 14.7. The number of hydrogen-bond acceptors (Lipinski definition) is 3. The molecule has 6 heteroatoms. The highest BCUT2D eigenvalue weighted by atomic mass is 16.2. The number of likely N-dealkylation sites (N-methyl/N-ethyl adjacent to an activating group) is 1. The minimum Gasteiger partial charge on any atom is -0.347 e. The molecule has 110 valence electrons. The molecule has 1 aliphatic heterocycles. The first-order valence-corrected chi connectivity index (χ1v) is 6.94. The number of piperazine rings is 1. The minimum absolute atomic E-state index is 0.0415. The third-order valence-electron chi connectivity index (χ3n) is 3.62. The Morgan fingerprint density at radius 2 is 2.20 bits per heavy atom. The third-order valence-corrected chi connectivity index (χ3v) is 3.62.